The van der Waals surface area contributed by atoms with E-state index in [4.69, 9.17) is 0 Å². The van der Waals surface area contributed by atoms with Crippen molar-refractivity contribution < 1.29 is 9.59 Å². The molecule has 0 atom stereocenters. The molecule has 0 aromatic heterocycles. The second-order valence-electron chi connectivity index (χ2n) is 4.71. The number of benzene rings is 1. The molecule has 0 fully saturated rings. The van der Waals surface area contributed by atoms with E-state index in [-0.39, 0.29) is 24.4 Å². The van der Waals surface area contributed by atoms with Crippen LogP contribution in [0.15, 0.2) is 28.7 Å². The number of rotatable bonds is 7. The average molecular weight is 342 g/mol. The van der Waals surface area contributed by atoms with Crippen molar-refractivity contribution in [3.05, 3.63) is 28.7 Å². The van der Waals surface area contributed by atoms with E-state index >= 15 is 0 Å². The number of carbonyl (C=O) groups is 2. The van der Waals surface area contributed by atoms with Gasteiger partial charge in [-0.3, -0.25) is 9.59 Å². The fourth-order valence-electron chi connectivity index (χ4n) is 1.57. The molecule has 110 valence electrons. The molecule has 1 aromatic carbocycles. The van der Waals surface area contributed by atoms with Crippen LogP contribution in [0.1, 0.15) is 20.3 Å². The minimum atomic E-state index is -0.132. The number of anilines is 1. The van der Waals surface area contributed by atoms with Gasteiger partial charge in [0.15, 0.2) is 0 Å². The monoisotopic (exact) mass is 341 g/mol. The Kier molecular flexibility index (Phi) is 7.25. The average Bonchev–Trinajstić information content (AvgIpc) is 2.34. The van der Waals surface area contributed by atoms with Gasteiger partial charge >= 0.3 is 0 Å². The van der Waals surface area contributed by atoms with E-state index in [1.807, 2.05) is 38.1 Å². The molecule has 6 heteroatoms. The Balaban J connectivity index is 2.19. The highest BCUT2D eigenvalue weighted by Crippen LogP contribution is 2.15. The van der Waals surface area contributed by atoms with Crippen LogP contribution in [0.3, 0.4) is 0 Å². The maximum Gasteiger partial charge on any atom is 0.238 e. The summed E-state index contributed by atoms with van der Waals surface area (Å²) in [5, 5.41) is 8.50. The molecular weight excluding hydrogens is 322 g/mol. The minimum absolute atomic E-state index is 0.0140. The van der Waals surface area contributed by atoms with E-state index in [9.17, 15) is 9.59 Å². The van der Waals surface area contributed by atoms with Crippen LogP contribution in [-0.2, 0) is 9.59 Å². The van der Waals surface area contributed by atoms with Gasteiger partial charge in [-0.2, -0.15) is 0 Å². The van der Waals surface area contributed by atoms with E-state index in [0.717, 1.165) is 10.2 Å². The fraction of sp³-hybridized carbons (Fsp3) is 0.429. The van der Waals surface area contributed by atoms with Crippen molar-refractivity contribution in [3.8, 4) is 0 Å². The molecule has 1 aromatic rings. The Labute approximate surface area is 127 Å². The number of nitrogens with one attached hydrogen (secondary N) is 3. The van der Waals surface area contributed by atoms with E-state index in [2.05, 4.69) is 31.9 Å². The van der Waals surface area contributed by atoms with Crippen LogP contribution in [0.4, 0.5) is 5.69 Å². The van der Waals surface area contributed by atoms with Crippen LogP contribution in [0.2, 0.25) is 0 Å². The van der Waals surface area contributed by atoms with Crippen molar-refractivity contribution in [1.82, 2.24) is 10.6 Å². The highest BCUT2D eigenvalue weighted by Gasteiger charge is 2.05. The van der Waals surface area contributed by atoms with Gasteiger partial charge in [0, 0.05) is 29.2 Å². The maximum absolute atomic E-state index is 11.7. The molecule has 0 spiro atoms. The third-order valence-electron chi connectivity index (χ3n) is 2.37. The predicted molar refractivity (Wildman–Crippen MR) is 83.5 cm³/mol. The van der Waals surface area contributed by atoms with Crippen molar-refractivity contribution >= 4 is 33.4 Å². The van der Waals surface area contributed by atoms with Crippen LogP contribution < -0.4 is 16.0 Å². The predicted octanol–water partition coefficient (Wildman–Crippen LogP) is 1.89. The molecule has 0 saturated heterocycles. The number of halogens is 1. The summed E-state index contributed by atoms with van der Waals surface area (Å²) in [5.41, 5.74) is 0.740. The first-order valence-electron chi connectivity index (χ1n) is 6.53. The van der Waals surface area contributed by atoms with Crippen LogP contribution in [0, 0.1) is 0 Å². The van der Waals surface area contributed by atoms with Gasteiger partial charge in [0.25, 0.3) is 0 Å². The summed E-state index contributed by atoms with van der Waals surface area (Å²) < 4.78 is 0.911. The molecule has 2 amide bonds. The topological polar surface area (TPSA) is 70.2 Å². The summed E-state index contributed by atoms with van der Waals surface area (Å²) in [7, 11) is 0. The van der Waals surface area contributed by atoms with Crippen molar-refractivity contribution in [1.29, 1.82) is 0 Å². The second kappa shape index (κ2) is 8.71. The lowest BCUT2D eigenvalue weighted by Crippen LogP contribution is -2.34. The van der Waals surface area contributed by atoms with Gasteiger partial charge < -0.3 is 16.0 Å². The number of amides is 2. The van der Waals surface area contributed by atoms with Crippen LogP contribution in [-0.4, -0.2) is 30.9 Å². The summed E-state index contributed by atoms with van der Waals surface area (Å²) in [6.07, 6.45) is 0.363. The molecule has 0 saturated carbocycles. The SMILES string of the molecule is CC(C)NC(=O)CCNCC(=O)Nc1cccc(Br)c1. The fourth-order valence-corrected chi connectivity index (χ4v) is 1.97. The first kappa shape index (κ1) is 16.7. The van der Waals surface area contributed by atoms with Gasteiger partial charge in [-0.05, 0) is 32.0 Å². The second-order valence-corrected chi connectivity index (χ2v) is 5.62. The molecule has 0 aliphatic rings. The number of hydrogen-bond donors (Lipinski definition) is 3. The van der Waals surface area contributed by atoms with Gasteiger partial charge in [0.05, 0.1) is 6.54 Å². The number of hydrogen-bond acceptors (Lipinski definition) is 3. The lowest BCUT2D eigenvalue weighted by Gasteiger charge is -2.09. The molecule has 0 aliphatic heterocycles. The smallest absolute Gasteiger partial charge is 0.238 e. The molecular formula is C14H20BrN3O2. The normalized spacial score (nSPS) is 10.4. The van der Waals surface area contributed by atoms with E-state index in [1.54, 1.807) is 0 Å². The minimum Gasteiger partial charge on any atom is -0.354 e. The third kappa shape index (κ3) is 7.25. The van der Waals surface area contributed by atoms with Crippen molar-refractivity contribution in [2.75, 3.05) is 18.4 Å². The van der Waals surface area contributed by atoms with Gasteiger partial charge in [0.2, 0.25) is 11.8 Å². The molecule has 0 aliphatic carbocycles. The molecule has 0 unspecified atom stereocenters. The maximum atomic E-state index is 11.7. The summed E-state index contributed by atoms with van der Waals surface area (Å²) >= 11 is 3.34. The summed E-state index contributed by atoms with van der Waals surface area (Å²) in [6.45, 7) is 4.49. The standard InChI is InChI=1S/C14H20BrN3O2/c1-10(2)17-13(19)6-7-16-9-14(20)18-12-5-3-4-11(15)8-12/h3-5,8,10,16H,6-7,9H2,1-2H3,(H,17,19)(H,18,20). The molecule has 20 heavy (non-hydrogen) atoms. The quantitative estimate of drug-likeness (QED) is 0.663. The first-order valence-corrected chi connectivity index (χ1v) is 7.32. The zero-order valence-electron chi connectivity index (χ0n) is 11.7. The van der Waals surface area contributed by atoms with E-state index < -0.39 is 0 Å². The summed E-state index contributed by atoms with van der Waals surface area (Å²) in [6, 6.07) is 7.53. The lowest BCUT2D eigenvalue weighted by atomic mass is 10.3. The van der Waals surface area contributed by atoms with Gasteiger partial charge in [-0.1, -0.05) is 22.0 Å². The van der Waals surface area contributed by atoms with Crippen LogP contribution >= 0.6 is 15.9 Å². The van der Waals surface area contributed by atoms with E-state index in [0.29, 0.717) is 13.0 Å². The van der Waals surface area contributed by atoms with Crippen molar-refractivity contribution in [2.24, 2.45) is 0 Å². The van der Waals surface area contributed by atoms with Crippen LogP contribution in [0.25, 0.3) is 0 Å². The Bertz CT molecular complexity index is 463. The Morgan fingerprint density at radius 1 is 1.25 bits per heavy atom. The van der Waals surface area contributed by atoms with Gasteiger partial charge in [0.1, 0.15) is 0 Å². The van der Waals surface area contributed by atoms with Gasteiger partial charge in [-0.15, -0.1) is 0 Å². The third-order valence-corrected chi connectivity index (χ3v) is 2.87. The molecule has 3 N–H and O–H groups in total. The highest BCUT2D eigenvalue weighted by molar-refractivity contribution is 9.10. The highest BCUT2D eigenvalue weighted by atomic mass is 79.9. The van der Waals surface area contributed by atoms with Crippen molar-refractivity contribution in [2.45, 2.75) is 26.3 Å². The number of carbonyl (C=O) groups excluding carboxylic acids is 2. The Hall–Kier alpha value is -1.40. The zero-order valence-corrected chi connectivity index (χ0v) is 13.3. The van der Waals surface area contributed by atoms with Gasteiger partial charge in [-0.25, -0.2) is 0 Å². The first-order chi connectivity index (χ1) is 9.47. The zero-order chi connectivity index (χ0) is 15.0. The van der Waals surface area contributed by atoms with Crippen molar-refractivity contribution in [3.63, 3.8) is 0 Å². The molecule has 1 rings (SSSR count). The lowest BCUT2D eigenvalue weighted by molar-refractivity contribution is -0.121. The Morgan fingerprint density at radius 3 is 2.65 bits per heavy atom. The molecule has 0 radical (unpaired) electrons. The summed E-state index contributed by atoms with van der Waals surface area (Å²) in [5.74, 6) is -0.146. The summed E-state index contributed by atoms with van der Waals surface area (Å²) in [4.78, 5) is 23.0. The molecule has 0 bridgehead atoms. The van der Waals surface area contributed by atoms with E-state index in [1.165, 1.54) is 0 Å². The van der Waals surface area contributed by atoms with Crippen LogP contribution in [0.5, 0.6) is 0 Å². The molecule has 5 nitrogen and oxygen atoms in total. The largest absolute Gasteiger partial charge is 0.354 e. The Morgan fingerprint density at radius 2 is 2.00 bits per heavy atom. The molecule has 0 heterocycles.